The van der Waals surface area contributed by atoms with Crippen molar-refractivity contribution in [3.05, 3.63) is 41.2 Å². The molecule has 0 aliphatic carbocycles. The maximum absolute atomic E-state index is 12.3. The van der Waals surface area contributed by atoms with Crippen molar-refractivity contribution in [1.29, 1.82) is 0 Å². The van der Waals surface area contributed by atoms with E-state index in [0.29, 0.717) is 22.7 Å². The molecule has 0 bridgehead atoms. The van der Waals surface area contributed by atoms with Crippen LogP contribution in [-0.2, 0) is 0 Å². The van der Waals surface area contributed by atoms with Crippen LogP contribution in [-0.4, -0.2) is 25.1 Å². The molecule has 1 heterocycles. The summed E-state index contributed by atoms with van der Waals surface area (Å²) in [6.45, 7) is 3.78. The van der Waals surface area contributed by atoms with Gasteiger partial charge in [-0.1, -0.05) is 0 Å². The quantitative estimate of drug-likeness (QED) is 0.901. The third kappa shape index (κ3) is 2.77. The minimum atomic E-state index is -0.171. The van der Waals surface area contributed by atoms with Crippen molar-refractivity contribution in [2.45, 2.75) is 13.8 Å². The van der Waals surface area contributed by atoms with Gasteiger partial charge in [0.15, 0.2) is 0 Å². The Morgan fingerprint density at radius 3 is 2.45 bits per heavy atom. The Hall–Kier alpha value is -2.43. The van der Waals surface area contributed by atoms with Crippen molar-refractivity contribution in [2.75, 3.05) is 19.5 Å². The van der Waals surface area contributed by atoms with Gasteiger partial charge in [-0.05, 0) is 32.0 Å². The summed E-state index contributed by atoms with van der Waals surface area (Å²) in [5.41, 5.74) is 3.03. The summed E-state index contributed by atoms with van der Waals surface area (Å²) in [6.07, 6.45) is 0. The topological polar surface area (TPSA) is 63.3 Å². The summed E-state index contributed by atoms with van der Waals surface area (Å²) < 4.78 is 10.4. The molecule has 5 heteroatoms. The Kier molecular flexibility index (Phi) is 3.98. The van der Waals surface area contributed by atoms with Crippen molar-refractivity contribution >= 4 is 11.6 Å². The molecule has 5 nitrogen and oxygen atoms in total. The summed E-state index contributed by atoms with van der Waals surface area (Å²) in [5.74, 6) is 1.06. The second-order valence-electron chi connectivity index (χ2n) is 4.51. The Morgan fingerprint density at radius 2 is 1.90 bits per heavy atom. The number of ether oxygens (including phenoxy) is 2. The van der Waals surface area contributed by atoms with Gasteiger partial charge in [0.05, 0.1) is 25.5 Å². The number of methoxy groups -OCH3 is 2. The van der Waals surface area contributed by atoms with Gasteiger partial charge in [-0.25, -0.2) is 0 Å². The van der Waals surface area contributed by atoms with Gasteiger partial charge < -0.3 is 19.8 Å². The molecule has 20 heavy (non-hydrogen) atoms. The third-order valence-corrected chi connectivity index (χ3v) is 3.05. The van der Waals surface area contributed by atoms with E-state index in [1.807, 2.05) is 19.9 Å². The molecular weight excluding hydrogens is 256 g/mol. The first-order chi connectivity index (χ1) is 9.55. The second kappa shape index (κ2) is 5.69. The lowest BCUT2D eigenvalue weighted by Gasteiger charge is -2.11. The van der Waals surface area contributed by atoms with Crippen molar-refractivity contribution in [3.63, 3.8) is 0 Å². The second-order valence-corrected chi connectivity index (χ2v) is 4.51. The standard InChI is InChI=1S/C15H18N2O3/c1-9-7-12(10(2)16-9)15(18)17-13-6-5-11(19-3)8-14(13)20-4/h5-8,16H,1-4H3,(H,17,18). The van der Waals surface area contributed by atoms with E-state index < -0.39 is 0 Å². The molecule has 0 aliphatic rings. The van der Waals surface area contributed by atoms with E-state index in [4.69, 9.17) is 9.47 Å². The monoisotopic (exact) mass is 274 g/mol. The first-order valence-corrected chi connectivity index (χ1v) is 6.24. The van der Waals surface area contributed by atoms with Crippen LogP contribution in [0.5, 0.6) is 11.5 Å². The van der Waals surface area contributed by atoms with Gasteiger partial charge in [0.1, 0.15) is 11.5 Å². The normalized spacial score (nSPS) is 10.2. The lowest BCUT2D eigenvalue weighted by atomic mass is 10.2. The Morgan fingerprint density at radius 1 is 1.15 bits per heavy atom. The van der Waals surface area contributed by atoms with E-state index >= 15 is 0 Å². The summed E-state index contributed by atoms with van der Waals surface area (Å²) >= 11 is 0. The van der Waals surface area contributed by atoms with Gasteiger partial charge in [0.2, 0.25) is 0 Å². The zero-order valence-corrected chi connectivity index (χ0v) is 12.0. The molecule has 2 N–H and O–H groups in total. The number of amides is 1. The molecule has 0 unspecified atom stereocenters. The lowest BCUT2D eigenvalue weighted by molar-refractivity contribution is 0.102. The molecule has 0 aliphatic heterocycles. The van der Waals surface area contributed by atoms with Crippen LogP contribution in [0.1, 0.15) is 21.7 Å². The average molecular weight is 274 g/mol. The smallest absolute Gasteiger partial charge is 0.257 e. The van der Waals surface area contributed by atoms with E-state index in [1.54, 1.807) is 32.4 Å². The number of anilines is 1. The summed E-state index contributed by atoms with van der Waals surface area (Å²) in [6, 6.07) is 7.07. The average Bonchev–Trinajstić information content (AvgIpc) is 2.78. The zero-order chi connectivity index (χ0) is 14.7. The molecular formula is C15H18N2O3. The highest BCUT2D eigenvalue weighted by Crippen LogP contribution is 2.29. The highest BCUT2D eigenvalue weighted by atomic mass is 16.5. The Bertz CT molecular complexity index is 632. The Balaban J connectivity index is 2.25. The number of H-pyrrole nitrogens is 1. The van der Waals surface area contributed by atoms with Gasteiger partial charge in [-0.3, -0.25) is 4.79 Å². The maximum Gasteiger partial charge on any atom is 0.257 e. The van der Waals surface area contributed by atoms with Gasteiger partial charge in [0.25, 0.3) is 5.91 Å². The highest BCUT2D eigenvalue weighted by molar-refractivity contribution is 6.06. The van der Waals surface area contributed by atoms with Gasteiger partial charge >= 0.3 is 0 Å². The van der Waals surface area contributed by atoms with Gasteiger partial charge in [-0.2, -0.15) is 0 Å². The minimum absolute atomic E-state index is 0.171. The van der Waals surface area contributed by atoms with Crippen LogP contribution in [0.3, 0.4) is 0 Å². The molecule has 0 saturated carbocycles. The van der Waals surface area contributed by atoms with Crippen LogP contribution in [0.15, 0.2) is 24.3 Å². The van der Waals surface area contributed by atoms with Crippen LogP contribution in [0, 0.1) is 13.8 Å². The van der Waals surface area contributed by atoms with E-state index in [9.17, 15) is 4.79 Å². The molecule has 106 valence electrons. The number of rotatable bonds is 4. The molecule has 0 fully saturated rings. The van der Waals surface area contributed by atoms with E-state index in [1.165, 1.54) is 0 Å². The number of aromatic amines is 1. The minimum Gasteiger partial charge on any atom is -0.497 e. The largest absolute Gasteiger partial charge is 0.497 e. The zero-order valence-electron chi connectivity index (χ0n) is 12.0. The van der Waals surface area contributed by atoms with E-state index in [-0.39, 0.29) is 5.91 Å². The van der Waals surface area contributed by atoms with E-state index in [2.05, 4.69) is 10.3 Å². The highest BCUT2D eigenvalue weighted by Gasteiger charge is 2.14. The number of carbonyl (C=O) groups is 1. The van der Waals surface area contributed by atoms with Crippen molar-refractivity contribution < 1.29 is 14.3 Å². The van der Waals surface area contributed by atoms with Crippen molar-refractivity contribution in [2.24, 2.45) is 0 Å². The van der Waals surface area contributed by atoms with Gasteiger partial charge in [0, 0.05) is 17.5 Å². The molecule has 0 atom stereocenters. The number of benzene rings is 1. The van der Waals surface area contributed by atoms with Crippen molar-refractivity contribution in [3.8, 4) is 11.5 Å². The van der Waals surface area contributed by atoms with Crippen LogP contribution >= 0.6 is 0 Å². The summed E-state index contributed by atoms with van der Waals surface area (Å²) in [4.78, 5) is 15.4. The number of carbonyl (C=O) groups excluding carboxylic acids is 1. The molecule has 1 aromatic heterocycles. The number of nitrogens with one attached hydrogen (secondary N) is 2. The van der Waals surface area contributed by atoms with Gasteiger partial charge in [-0.15, -0.1) is 0 Å². The summed E-state index contributed by atoms with van der Waals surface area (Å²) in [7, 11) is 3.13. The predicted molar refractivity (Wildman–Crippen MR) is 77.8 cm³/mol. The van der Waals surface area contributed by atoms with Crippen LogP contribution in [0.25, 0.3) is 0 Å². The van der Waals surface area contributed by atoms with Crippen LogP contribution in [0.4, 0.5) is 5.69 Å². The molecule has 2 rings (SSSR count). The Labute approximate surface area is 117 Å². The molecule has 0 spiro atoms. The molecule has 0 saturated heterocycles. The van der Waals surface area contributed by atoms with Crippen LogP contribution < -0.4 is 14.8 Å². The number of aromatic nitrogens is 1. The first-order valence-electron chi connectivity index (χ1n) is 6.24. The lowest BCUT2D eigenvalue weighted by Crippen LogP contribution is -2.13. The molecule has 0 radical (unpaired) electrons. The number of hydrogen-bond donors (Lipinski definition) is 2. The summed E-state index contributed by atoms with van der Waals surface area (Å²) in [5, 5.41) is 2.84. The predicted octanol–water partition coefficient (Wildman–Crippen LogP) is 2.90. The SMILES string of the molecule is COc1ccc(NC(=O)c2cc(C)[nH]c2C)c(OC)c1. The first kappa shape index (κ1) is 14.0. The fraction of sp³-hybridized carbons (Fsp3) is 0.267. The molecule has 1 aromatic carbocycles. The third-order valence-electron chi connectivity index (χ3n) is 3.05. The van der Waals surface area contributed by atoms with Crippen LogP contribution in [0.2, 0.25) is 0 Å². The molecule has 2 aromatic rings. The van der Waals surface area contributed by atoms with E-state index in [0.717, 1.165) is 11.4 Å². The van der Waals surface area contributed by atoms with Crippen molar-refractivity contribution in [1.82, 2.24) is 4.98 Å². The number of aryl methyl sites for hydroxylation is 2. The fourth-order valence-electron chi connectivity index (χ4n) is 2.05. The maximum atomic E-state index is 12.3. The fourth-order valence-corrected chi connectivity index (χ4v) is 2.05. The number of hydrogen-bond acceptors (Lipinski definition) is 3. The molecule has 1 amide bonds.